The standard InChI is InChI=1S/C22H31NO5/c1-14(2)12-17(13-18(24)28-22(4,5)6)20(25)23-15(3)19(27-21(23)26)16-10-8-7-9-11-16/h7-11,14-15,17,19H,12-13H2,1-6H3/t15?,17-,19?/m1/s1. The zero-order valence-corrected chi connectivity index (χ0v) is 17.6. The summed E-state index contributed by atoms with van der Waals surface area (Å²) in [5.74, 6) is -1.25. The summed E-state index contributed by atoms with van der Waals surface area (Å²) in [4.78, 5) is 39.1. The summed E-state index contributed by atoms with van der Waals surface area (Å²) >= 11 is 0. The Bertz CT molecular complexity index is 707. The summed E-state index contributed by atoms with van der Waals surface area (Å²) in [6.45, 7) is 11.1. The highest BCUT2D eigenvalue weighted by molar-refractivity contribution is 5.96. The summed E-state index contributed by atoms with van der Waals surface area (Å²) in [5, 5.41) is 0. The molecule has 1 heterocycles. The maximum absolute atomic E-state index is 13.2. The van der Waals surface area contributed by atoms with Crippen LogP contribution >= 0.6 is 0 Å². The number of cyclic esters (lactones) is 1. The molecule has 1 saturated heterocycles. The van der Waals surface area contributed by atoms with E-state index in [-0.39, 0.29) is 18.2 Å². The van der Waals surface area contributed by atoms with Gasteiger partial charge in [-0.3, -0.25) is 9.59 Å². The lowest BCUT2D eigenvalue weighted by atomic mass is 9.92. The van der Waals surface area contributed by atoms with E-state index in [4.69, 9.17) is 9.47 Å². The fraction of sp³-hybridized carbons (Fsp3) is 0.591. The van der Waals surface area contributed by atoms with Gasteiger partial charge in [0.15, 0.2) is 0 Å². The maximum Gasteiger partial charge on any atom is 0.417 e. The zero-order chi connectivity index (χ0) is 21.1. The van der Waals surface area contributed by atoms with Gasteiger partial charge in [-0.1, -0.05) is 44.2 Å². The number of rotatable bonds is 6. The molecule has 0 bridgehead atoms. The van der Waals surface area contributed by atoms with Crippen molar-refractivity contribution in [1.82, 2.24) is 4.90 Å². The molecule has 1 aliphatic heterocycles. The van der Waals surface area contributed by atoms with Crippen LogP contribution in [-0.4, -0.2) is 34.5 Å². The van der Waals surface area contributed by atoms with E-state index in [0.717, 1.165) is 10.5 Å². The molecule has 0 N–H and O–H groups in total. The van der Waals surface area contributed by atoms with Crippen molar-refractivity contribution in [1.29, 1.82) is 0 Å². The predicted molar refractivity (Wildman–Crippen MR) is 105 cm³/mol. The Morgan fingerprint density at radius 1 is 1.18 bits per heavy atom. The molecule has 0 aliphatic carbocycles. The molecule has 6 heteroatoms. The Morgan fingerprint density at radius 2 is 1.79 bits per heavy atom. The van der Waals surface area contributed by atoms with Crippen molar-refractivity contribution in [3.05, 3.63) is 35.9 Å². The molecule has 2 unspecified atom stereocenters. The molecule has 0 saturated carbocycles. The van der Waals surface area contributed by atoms with E-state index in [0.29, 0.717) is 6.42 Å². The van der Waals surface area contributed by atoms with E-state index in [9.17, 15) is 14.4 Å². The van der Waals surface area contributed by atoms with Crippen molar-refractivity contribution >= 4 is 18.0 Å². The first-order valence-electron chi connectivity index (χ1n) is 9.80. The van der Waals surface area contributed by atoms with Crippen LogP contribution in [0.25, 0.3) is 0 Å². The Hall–Kier alpha value is -2.37. The van der Waals surface area contributed by atoms with Crippen molar-refractivity contribution in [2.24, 2.45) is 11.8 Å². The van der Waals surface area contributed by atoms with E-state index in [1.807, 2.05) is 44.2 Å². The van der Waals surface area contributed by atoms with Crippen LogP contribution in [0.15, 0.2) is 30.3 Å². The second-order valence-corrected chi connectivity index (χ2v) is 8.78. The van der Waals surface area contributed by atoms with E-state index in [1.54, 1.807) is 27.7 Å². The number of carbonyl (C=O) groups is 3. The molecule has 154 valence electrons. The minimum atomic E-state index is -0.663. The van der Waals surface area contributed by atoms with Crippen LogP contribution in [0, 0.1) is 11.8 Å². The number of benzene rings is 1. The van der Waals surface area contributed by atoms with Crippen LogP contribution in [-0.2, 0) is 19.1 Å². The van der Waals surface area contributed by atoms with Gasteiger partial charge in [0, 0.05) is 5.92 Å². The first-order valence-corrected chi connectivity index (χ1v) is 9.80. The quantitative estimate of drug-likeness (QED) is 0.670. The maximum atomic E-state index is 13.2. The summed E-state index contributed by atoms with van der Waals surface area (Å²) in [5.41, 5.74) is 0.215. The third-order valence-electron chi connectivity index (χ3n) is 4.57. The van der Waals surface area contributed by atoms with Gasteiger partial charge >= 0.3 is 12.1 Å². The van der Waals surface area contributed by atoms with E-state index in [1.165, 1.54) is 0 Å². The molecule has 1 aliphatic rings. The molecule has 6 nitrogen and oxygen atoms in total. The summed E-state index contributed by atoms with van der Waals surface area (Å²) in [7, 11) is 0. The van der Waals surface area contributed by atoms with Crippen molar-refractivity contribution in [2.75, 3.05) is 0 Å². The number of esters is 1. The average Bonchev–Trinajstić information content (AvgIpc) is 2.87. The monoisotopic (exact) mass is 389 g/mol. The van der Waals surface area contributed by atoms with Gasteiger partial charge in [-0.25, -0.2) is 9.69 Å². The smallest absolute Gasteiger partial charge is 0.417 e. The second kappa shape index (κ2) is 8.76. The van der Waals surface area contributed by atoms with Crippen LogP contribution in [0.2, 0.25) is 0 Å². The molecule has 1 fully saturated rings. The third-order valence-corrected chi connectivity index (χ3v) is 4.57. The Labute approximate surface area is 167 Å². The number of amides is 2. The van der Waals surface area contributed by atoms with E-state index in [2.05, 4.69) is 0 Å². The van der Waals surface area contributed by atoms with Gasteiger partial charge in [0.05, 0.1) is 12.5 Å². The van der Waals surface area contributed by atoms with E-state index < -0.39 is 35.7 Å². The lowest BCUT2D eigenvalue weighted by Gasteiger charge is -2.26. The van der Waals surface area contributed by atoms with Gasteiger partial charge in [0.2, 0.25) is 5.91 Å². The fourth-order valence-electron chi connectivity index (χ4n) is 3.47. The van der Waals surface area contributed by atoms with E-state index >= 15 is 0 Å². The normalized spacial score (nSPS) is 20.8. The van der Waals surface area contributed by atoms with Gasteiger partial charge in [0.1, 0.15) is 11.7 Å². The molecule has 3 atom stereocenters. The molecule has 2 rings (SSSR count). The van der Waals surface area contributed by atoms with Crippen LogP contribution in [0.5, 0.6) is 0 Å². The summed E-state index contributed by atoms with van der Waals surface area (Å²) < 4.78 is 10.9. The SMILES string of the molecule is CC(C)C[C@H](CC(=O)OC(C)(C)C)C(=O)N1C(=O)OC(c2ccccc2)C1C. The van der Waals surface area contributed by atoms with Gasteiger partial charge in [-0.15, -0.1) is 0 Å². The minimum absolute atomic E-state index is 0.0548. The number of carbonyl (C=O) groups excluding carboxylic acids is 3. The van der Waals surface area contributed by atoms with Crippen molar-refractivity contribution < 1.29 is 23.9 Å². The largest absolute Gasteiger partial charge is 0.460 e. The molecular formula is C22H31NO5. The minimum Gasteiger partial charge on any atom is -0.460 e. The Balaban J connectivity index is 2.18. The number of nitrogens with zero attached hydrogens (tertiary/aromatic N) is 1. The summed E-state index contributed by atoms with van der Waals surface area (Å²) in [6, 6.07) is 8.90. The Morgan fingerprint density at radius 3 is 2.32 bits per heavy atom. The first kappa shape index (κ1) is 21.9. The molecular weight excluding hydrogens is 358 g/mol. The average molecular weight is 389 g/mol. The fourth-order valence-corrected chi connectivity index (χ4v) is 3.47. The lowest BCUT2D eigenvalue weighted by molar-refractivity contribution is -0.158. The van der Waals surface area contributed by atoms with Crippen molar-refractivity contribution in [3.63, 3.8) is 0 Å². The van der Waals surface area contributed by atoms with Crippen molar-refractivity contribution in [3.8, 4) is 0 Å². The molecule has 2 amide bonds. The highest BCUT2D eigenvalue weighted by Gasteiger charge is 2.45. The number of ether oxygens (including phenoxy) is 2. The number of imide groups is 1. The van der Waals surface area contributed by atoms with Gasteiger partial charge < -0.3 is 9.47 Å². The lowest BCUT2D eigenvalue weighted by Crippen LogP contribution is -2.43. The molecule has 0 spiro atoms. The van der Waals surface area contributed by atoms with Crippen LogP contribution in [0.3, 0.4) is 0 Å². The topological polar surface area (TPSA) is 72.9 Å². The van der Waals surface area contributed by atoms with Crippen molar-refractivity contribution in [2.45, 2.75) is 72.1 Å². The first-order chi connectivity index (χ1) is 13.0. The highest BCUT2D eigenvalue weighted by atomic mass is 16.6. The molecule has 1 aromatic rings. The van der Waals surface area contributed by atoms with Crippen LogP contribution < -0.4 is 0 Å². The zero-order valence-electron chi connectivity index (χ0n) is 17.6. The van der Waals surface area contributed by atoms with Crippen LogP contribution in [0.4, 0.5) is 4.79 Å². The molecule has 0 aromatic heterocycles. The Kier molecular flexibility index (Phi) is 6.86. The third kappa shape index (κ3) is 5.57. The van der Waals surface area contributed by atoms with Gasteiger partial charge in [-0.05, 0) is 45.6 Å². The number of hydrogen-bond donors (Lipinski definition) is 0. The highest BCUT2D eigenvalue weighted by Crippen LogP contribution is 2.34. The molecule has 1 aromatic carbocycles. The predicted octanol–water partition coefficient (Wildman–Crippen LogP) is 4.49. The van der Waals surface area contributed by atoms with Gasteiger partial charge in [-0.2, -0.15) is 0 Å². The molecule has 28 heavy (non-hydrogen) atoms. The van der Waals surface area contributed by atoms with Crippen LogP contribution in [0.1, 0.15) is 66.1 Å². The van der Waals surface area contributed by atoms with Gasteiger partial charge in [0.25, 0.3) is 0 Å². The number of hydrogen-bond acceptors (Lipinski definition) is 5. The molecule has 0 radical (unpaired) electrons. The second-order valence-electron chi connectivity index (χ2n) is 8.78. The summed E-state index contributed by atoms with van der Waals surface area (Å²) in [6.07, 6.45) is -0.742.